The van der Waals surface area contributed by atoms with Crippen LogP contribution in [-0.2, 0) is 20.1 Å². The average molecular weight is 322 g/mol. The second-order valence-corrected chi connectivity index (χ2v) is 6.01. The lowest BCUT2D eigenvalue weighted by molar-refractivity contribution is 0.407. The number of fused-ring (bicyclic) bond motifs is 1. The monoisotopic (exact) mass is 322 g/mol. The second-order valence-electron chi connectivity index (χ2n) is 6.01. The van der Waals surface area contributed by atoms with Gasteiger partial charge in [-0.05, 0) is 30.5 Å². The summed E-state index contributed by atoms with van der Waals surface area (Å²) in [4.78, 5) is 12.5. The van der Waals surface area contributed by atoms with Crippen LogP contribution in [0.5, 0.6) is 5.75 Å². The Labute approximate surface area is 141 Å². The smallest absolute Gasteiger partial charge is 0.255 e. The summed E-state index contributed by atoms with van der Waals surface area (Å²) < 4.78 is 7.11. The highest BCUT2D eigenvalue weighted by Gasteiger charge is 2.07. The molecule has 0 bridgehead atoms. The summed E-state index contributed by atoms with van der Waals surface area (Å²) in [6.07, 6.45) is 0. The number of aromatic nitrogens is 1. The SMILES string of the molecule is COc1ccc(C)cc1CNCc1cc2ccccc2n(C)c1=O. The maximum absolute atomic E-state index is 12.5. The molecule has 0 aliphatic heterocycles. The summed E-state index contributed by atoms with van der Waals surface area (Å²) in [5, 5.41) is 4.43. The Balaban J connectivity index is 1.81. The predicted molar refractivity (Wildman–Crippen MR) is 97.5 cm³/mol. The number of pyridine rings is 1. The van der Waals surface area contributed by atoms with Gasteiger partial charge in [-0.1, -0.05) is 35.9 Å². The normalized spacial score (nSPS) is 11.0. The third-order valence-corrected chi connectivity index (χ3v) is 4.27. The minimum absolute atomic E-state index is 0.0393. The van der Waals surface area contributed by atoms with Crippen molar-refractivity contribution in [1.82, 2.24) is 9.88 Å². The number of nitrogens with one attached hydrogen (secondary N) is 1. The van der Waals surface area contributed by atoms with Crippen LogP contribution < -0.4 is 15.6 Å². The molecule has 1 N–H and O–H groups in total. The fourth-order valence-corrected chi connectivity index (χ4v) is 2.99. The van der Waals surface area contributed by atoms with Crippen molar-refractivity contribution in [1.29, 1.82) is 0 Å². The van der Waals surface area contributed by atoms with Crippen LogP contribution in [0.2, 0.25) is 0 Å². The molecular weight excluding hydrogens is 300 g/mol. The molecule has 0 unspecified atom stereocenters. The van der Waals surface area contributed by atoms with E-state index in [0.717, 1.165) is 27.8 Å². The molecule has 0 fully saturated rings. The van der Waals surface area contributed by atoms with Gasteiger partial charge in [0.2, 0.25) is 0 Å². The van der Waals surface area contributed by atoms with Crippen LogP contribution in [0, 0.1) is 6.92 Å². The van der Waals surface area contributed by atoms with Crippen LogP contribution in [0.1, 0.15) is 16.7 Å². The average Bonchev–Trinajstić information content (AvgIpc) is 2.59. The fourth-order valence-electron chi connectivity index (χ4n) is 2.99. The standard InChI is InChI=1S/C20H22N2O2/c1-14-8-9-19(24-3)16(10-14)12-21-13-17-11-15-6-4-5-7-18(15)22(2)20(17)23/h4-11,21H,12-13H2,1-3H3. The lowest BCUT2D eigenvalue weighted by atomic mass is 10.1. The van der Waals surface area contributed by atoms with E-state index in [1.807, 2.05) is 49.5 Å². The highest BCUT2D eigenvalue weighted by molar-refractivity contribution is 5.79. The van der Waals surface area contributed by atoms with E-state index in [1.54, 1.807) is 11.7 Å². The number of rotatable bonds is 5. The first kappa shape index (κ1) is 16.3. The summed E-state index contributed by atoms with van der Waals surface area (Å²) >= 11 is 0. The van der Waals surface area contributed by atoms with E-state index < -0.39 is 0 Å². The van der Waals surface area contributed by atoms with E-state index in [1.165, 1.54) is 5.56 Å². The predicted octanol–water partition coefficient (Wildman–Crippen LogP) is 3.15. The van der Waals surface area contributed by atoms with E-state index in [4.69, 9.17) is 4.74 Å². The summed E-state index contributed by atoms with van der Waals surface area (Å²) in [7, 11) is 3.49. The van der Waals surface area contributed by atoms with Crippen LogP contribution in [-0.4, -0.2) is 11.7 Å². The molecule has 3 aromatic rings. The van der Waals surface area contributed by atoms with Crippen LogP contribution in [0.15, 0.2) is 53.3 Å². The summed E-state index contributed by atoms with van der Waals surface area (Å²) in [6.45, 7) is 3.23. The summed E-state index contributed by atoms with van der Waals surface area (Å²) in [5.74, 6) is 0.861. The van der Waals surface area contributed by atoms with Crippen LogP contribution in [0.25, 0.3) is 10.9 Å². The number of para-hydroxylation sites is 1. The van der Waals surface area contributed by atoms with Crippen molar-refractivity contribution in [3.63, 3.8) is 0 Å². The molecule has 4 nitrogen and oxygen atoms in total. The molecule has 0 saturated carbocycles. The molecule has 1 heterocycles. The third kappa shape index (κ3) is 3.19. The third-order valence-electron chi connectivity index (χ3n) is 4.27. The lowest BCUT2D eigenvalue weighted by Crippen LogP contribution is -2.25. The van der Waals surface area contributed by atoms with Crippen LogP contribution >= 0.6 is 0 Å². The largest absolute Gasteiger partial charge is 0.496 e. The van der Waals surface area contributed by atoms with Crippen molar-refractivity contribution >= 4 is 10.9 Å². The fraction of sp³-hybridized carbons (Fsp3) is 0.250. The molecule has 3 rings (SSSR count). The van der Waals surface area contributed by atoms with Crippen molar-refractivity contribution in [2.45, 2.75) is 20.0 Å². The molecule has 0 amide bonds. The van der Waals surface area contributed by atoms with Gasteiger partial charge < -0.3 is 14.6 Å². The van der Waals surface area contributed by atoms with Crippen LogP contribution in [0.4, 0.5) is 0 Å². The maximum Gasteiger partial charge on any atom is 0.255 e. The van der Waals surface area contributed by atoms with Gasteiger partial charge in [-0.25, -0.2) is 0 Å². The molecule has 0 spiro atoms. The summed E-state index contributed by atoms with van der Waals surface area (Å²) in [5.41, 5.74) is 4.04. The summed E-state index contributed by atoms with van der Waals surface area (Å²) in [6, 6.07) is 16.0. The zero-order chi connectivity index (χ0) is 17.1. The first-order valence-corrected chi connectivity index (χ1v) is 8.02. The Hall–Kier alpha value is -2.59. The molecule has 0 radical (unpaired) electrons. The number of aryl methyl sites for hydroxylation is 2. The minimum atomic E-state index is 0.0393. The molecular formula is C20H22N2O2. The van der Waals surface area contributed by atoms with Crippen LogP contribution in [0.3, 0.4) is 0 Å². The zero-order valence-corrected chi connectivity index (χ0v) is 14.3. The Kier molecular flexibility index (Phi) is 4.67. The van der Waals surface area contributed by atoms with Gasteiger partial charge in [-0.3, -0.25) is 4.79 Å². The number of benzene rings is 2. The Bertz CT molecular complexity index is 929. The molecule has 4 heteroatoms. The highest BCUT2D eigenvalue weighted by atomic mass is 16.5. The Morgan fingerprint density at radius 1 is 1.04 bits per heavy atom. The molecule has 0 atom stereocenters. The van der Waals surface area contributed by atoms with Gasteiger partial charge in [-0.15, -0.1) is 0 Å². The van der Waals surface area contributed by atoms with Crippen molar-refractivity contribution in [2.75, 3.05) is 7.11 Å². The van der Waals surface area contributed by atoms with Gasteiger partial charge in [0.1, 0.15) is 5.75 Å². The second kappa shape index (κ2) is 6.89. The minimum Gasteiger partial charge on any atom is -0.496 e. The van der Waals surface area contributed by atoms with Gasteiger partial charge in [0.15, 0.2) is 0 Å². The lowest BCUT2D eigenvalue weighted by Gasteiger charge is -2.12. The van der Waals surface area contributed by atoms with Crippen molar-refractivity contribution in [3.8, 4) is 5.75 Å². The van der Waals surface area contributed by atoms with Crippen molar-refractivity contribution in [2.24, 2.45) is 7.05 Å². The molecule has 2 aromatic carbocycles. The van der Waals surface area contributed by atoms with E-state index in [0.29, 0.717) is 13.1 Å². The number of nitrogens with zero attached hydrogens (tertiary/aromatic N) is 1. The Morgan fingerprint density at radius 3 is 2.58 bits per heavy atom. The van der Waals surface area contributed by atoms with E-state index in [9.17, 15) is 4.79 Å². The van der Waals surface area contributed by atoms with E-state index in [-0.39, 0.29) is 5.56 Å². The van der Waals surface area contributed by atoms with Gasteiger partial charge in [0, 0.05) is 31.3 Å². The molecule has 0 aliphatic rings. The molecule has 0 aliphatic carbocycles. The van der Waals surface area contributed by atoms with E-state index >= 15 is 0 Å². The highest BCUT2D eigenvalue weighted by Crippen LogP contribution is 2.19. The molecule has 0 saturated heterocycles. The number of ether oxygens (including phenoxy) is 1. The zero-order valence-electron chi connectivity index (χ0n) is 14.3. The quantitative estimate of drug-likeness (QED) is 0.785. The number of methoxy groups -OCH3 is 1. The maximum atomic E-state index is 12.5. The topological polar surface area (TPSA) is 43.3 Å². The van der Waals surface area contributed by atoms with Gasteiger partial charge in [0.25, 0.3) is 5.56 Å². The van der Waals surface area contributed by atoms with Gasteiger partial charge in [0.05, 0.1) is 12.6 Å². The first-order valence-electron chi connectivity index (χ1n) is 8.02. The van der Waals surface area contributed by atoms with Crippen molar-refractivity contribution < 1.29 is 4.74 Å². The molecule has 1 aromatic heterocycles. The van der Waals surface area contributed by atoms with Gasteiger partial charge >= 0.3 is 0 Å². The van der Waals surface area contributed by atoms with E-state index in [2.05, 4.69) is 18.3 Å². The molecule has 24 heavy (non-hydrogen) atoms. The van der Waals surface area contributed by atoms with Gasteiger partial charge in [-0.2, -0.15) is 0 Å². The van der Waals surface area contributed by atoms with Crippen molar-refractivity contribution in [3.05, 3.63) is 75.6 Å². The number of hydrogen-bond acceptors (Lipinski definition) is 3. The molecule has 124 valence electrons. The number of hydrogen-bond donors (Lipinski definition) is 1. The first-order chi connectivity index (χ1) is 11.6. The Morgan fingerprint density at radius 2 is 1.79 bits per heavy atom.